The van der Waals surface area contributed by atoms with Gasteiger partial charge in [0.2, 0.25) is 10.0 Å². The maximum atomic E-state index is 12.2. The van der Waals surface area contributed by atoms with Crippen LogP contribution < -0.4 is 0 Å². The Morgan fingerprint density at radius 2 is 2.00 bits per heavy atom. The Morgan fingerprint density at radius 1 is 1.41 bits per heavy atom. The predicted octanol–water partition coefficient (Wildman–Crippen LogP) is 0.642. The van der Waals surface area contributed by atoms with Crippen LogP contribution in [0.2, 0.25) is 0 Å². The van der Waals surface area contributed by atoms with Gasteiger partial charge in [-0.2, -0.15) is 4.31 Å². The van der Waals surface area contributed by atoms with Crippen LogP contribution in [0.1, 0.15) is 17.1 Å². The predicted molar refractivity (Wildman–Crippen MR) is 62.8 cm³/mol. The van der Waals surface area contributed by atoms with Gasteiger partial charge in [0.1, 0.15) is 16.4 Å². The highest BCUT2D eigenvalue weighted by Gasteiger charge is 2.29. The van der Waals surface area contributed by atoms with Gasteiger partial charge in [0, 0.05) is 12.6 Å². The molecule has 0 amide bonds. The molecular weight excluding hydrogens is 242 g/mol. The summed E-state index contributed by atoms with van der Waals surface area (Å²) in [5, 5.41) is 9.20. The quantitative estimate of drug-likeness (QED) is 0.804. The fourth-order valence-electron chi connectivity index (χ4n) is 1.60. The minimum Gasteiger partial charge on any atom is -0.465 e. The van der Waals surface area contributed by atoms with Crippen molar-refractivity contribution in [1.29, 1.82) is 0 Å². The van der Waals surface area contributed by atoms with E-state index >= 15 is 0 Å². The van der Waals surface area contributed by atoms with Gasteiger partial charge >= 0.3 is 0 Å². The summed E-state index contributed by atoms with van der Waals surface area (Å²) in [6.45, 7) is 2.74. The summed E-state index contributed by atoms with van der Waals surface area (Å²) in [6.07, 6.45) is 5.09. The lowest BCUT2D eigenvalue weighted by Crippen LogP contribution is -2.28. The second-order valence-electron chi connectivity index (χ2n) is 3.65. The maximum Gasteiger partial charge on any atom is 0.247 e. The van der Waals surface area contributed by atoms with E-state index in [9.17, 15) is 13.5 Å². The first-order valence-electron chi connectivity index (χ1n) is 4.95. The molecule has 0 spiro atoms. The van der Waals surface area contributed by atoms with E-state index in [1.807, 2.05) is 0 Å². The van der Waals surface area contributed by atoms with E-state index in [0.717, 1.165) is 4.31 Å². The summed E-state index contributed by atoms with van der Waals surface area (Å²) < 4.78 is 30.7. The molecule has 94 valence electrons. The summed E-state index contributed by atoms with van der Waals surface area (Å²) >= 11 is 0. The van der Waals surface area contributed by atoms with Gasteiger partial charge in [0.05, 0.1) is 13.2 Å². The second-order valence-corrected chi connectivity index (χ2v) is 5.63. The molecule has 0 unspecified atom stereocenters. The Labute approximate surface area is 101 Å². The van der Waals surface area contributed by atoms with Crippen molar-refractivity contribution >= 4 is 10.0 Å². The lowest BCUT2D eigenvalue weighted by Gasteiger charge is -2.14. The molecule has 1 aromatic heterocycles. The molecule has 0 radical (unpaired) electrons. The van der Waals surface area contributed by atoms with Crippen LogP contribution in [0, 0.1) is 26.2 Å². The van der Waals surface area contributed by atoms with Crippen molar-refractivity contribution in [1.82, 2.24) is 4.31 Å². The number of aliphatic hydroxyl groups is 1. The van der Waals surface area contributed by atoms with Gasteiger partial charge < -0.3 is 9.52 Å². The number of rotatable bonds is 4. The first kappa shape index (κ1) is 13.8. The smallest absolute Gasteiger partial charge is 0.247 e. The van der Waals surface area contributed by atoms with Gasteiger partial charge in [-0.1, -0.05) is 5.92 Å². The molecule has 17 heavy (non-hydrogen) atoms. The zero-order valence-electron chi connectivity index (χ0n) is 10.0. The maximum absolute atomic E-state index is 12.2. The topological polar surface area (TPSA) is 70.8 Å². The number of aliphatic hydroxyl groups excluding tert-OH is 1. The number of hydrogen-bond acceptors (Lipinski definition) is 4. The van der Waals surface area contributed by atoms with Crippen molar-refractivity contribution in [3.63, 3.8) is 0 Å². The molecule has 0 atom stereocenters. The van der Waals surface area contributed by atoms with Gasteiger partial charge in [-0.3, -0.25) is 0 Å². The van der Waals surface area contributed by atoms with Gasteiger partial charge in [-0.05, 0) is 13.8 Å². The fraction of sp³-hybridized carbons (Fsp3) is 0.455. The summed E-state index contributed by atoms with van der Waals surface area (Å²) in [6, 6.07) is 0. The summed E-state index contributed by atoms with van der Waals surface area (Å²) in [5.41, 5.74) is 0.284. The van der Waals surface area contributed by atoms with Gasteiger partial charge in [-0.25, -0.2) is 8.42 Å². The molecule has 1 rings (SSSR count). The number of terminal acetylenes is 1. The first-order valence-corrected chi connectivity index (χ1v) is 6.39. The van der Waals surface area contributed by atoms with Crippen LogP contribution in [0.15, 0.2) is 9.31 Å². The van der Waals surface area contributed by atoms with Crippen LogP contribution in [0.4, 0.5) is 0 Å². The molecule has 6 heteroatoms. The van der Waals surface area contributed by atoms with Crippen molar-refractivity contribution in [2.45, 2.75) is 25.3 Å². The highest BCUT2D eigenvalue weighted by molar-refractivity contribution is 7.89. The van der Waals surface area contributed by atoms with Crippen LogP contribution in [-0.2, 0) is 16.6 Å². The second kappa shape index (κ2) is 4.92. The zero-order valence-corrected chi connectivity index (χ0v) is 10.8. The van der Waals surface area contributed by atoms with Crippen molar-refractivity contribution in [3.05, 3.63) is 17.1 Å². The standard InChI is InChI=1S/C11H15NO4S/c1-5-6-12(4)17(14,15)11-9(3)16-8(2)10(11)7-13/h1,13H,6-7H2,2-4H3. The van der Waals surface area contributed by atoms with E-state index in [4.69, 9.17) is 10.8 Å². The van der Waals surface area contributed by atoms with E-state index < -0.39 is 10.0 Å². The third kappa shape index (κ3) is 2.36. The lowest BCUT2D eigenvalue weighted by atomic mass is 10.2. The van der Waals surface area contributed by atoms with E-state index in [1.165, 1.54) is 7.05 Å². The number of sulfonamides is 1. The molecule has 0 aliphatic rings. The summed E-state index contributed by atoms with van der Waals surface area (Å²) in [7, 11) is -2.33. The van der Waals surface area contributed by atoms with Crippen LogP contribution in [0.25, 0.3) is 0 Å². The molecule has 1 N–H and O–H groups in total. The Bertz CT molecular complexity index is 551. The molecule has 1 heterocycles. The monoisotopic (exact) mass is 257 g/mol. The molecule has 0 bridgehead atoms. The molecule has 0 saturated carbocycles. The van der Waals surface area contributed by atoms with Gasteiger partial charge in [-0.15, -0.1) is 6.42 Å². The number of nitrogens with zero attached hydrogens (tertiary/aromatic N) is 1. The first-order chi connectivity index (χ1) is 7.86. The van der Waals surface area contributed by atoms with Crippen LogP contribution in [-0.4, -0.2) is 31.4 Å². The highest BCUT2D eigenvalue weighted by Crippen LogP contribution is 2.28. The average Bonchev–Trinajstić information content (AvgIpc) is 2.53. The number of furan rings is 1. The molecule has 1 aromatic rings. The van der Waals surface area contributed by atoms with E-state index in [0.29, 0.717) is 5.76 Å². The lowest BCUT2D eigenvalue weighted by molar-refractivity contribution is 0.276. The minimum atomic E-state index is -3.72. The van der Waals surface area contributed by atoms with Crippen LogP contribution in [0.3, 0.4) is 0 Å². The normalized spacial score (nSPS) is 11.8. The van der Waals surface area contributed by atoms with Crippen molar-refractivity contribution in [3.8, 4) is 12.3 Å². The van der Waals surface area contributed by atoms with Crippen LogP contribution in [0.5, 0.6) is 0 Å². The van der Waals surface area contributed by atoms with E-state index in [1.54, 1.807) is 13.8 Å². The molecule has 0 aliphatic heterocycles. The highest BCUT2D eigenvalue weighted by atomic mass is 32.2. The van der Waals surface area contributed by atoms with E-state index in [2.05, 4.69) is 5.92 Å². The Hall–Kier alpha value is -1.29. The van der Waals surface area contributed by atoms with Crippen molar-refractivity contribution in [2.24, 2.45) is 0 Å². The zero-order chi connectivity index (χ0) is 13.2. The van der Waals surface area contributed by atoms with Crippen LogP contribution >= 0.6 is 0 Å². The van der Waals surface area contributed by atoms with Gasteiger partial charge in [0.25, 0.3) is 0 Å². The van der Waals surface area contributed by atoms with Crippen molar-refractivity contribution < 1.29 is 17.9 Å². The largest absolute Gasteiger partial charge is 0.465 e. The fourth-order valence-corrected chi connectivity index (χ4v) is 3.08. The number of hydrogen-bond donors (Lipinski definition) is 1. The molecule has 0 aliphatic carbocycles. The summed E-state index contributed by atoms with van der Waals surface area (Å²) in [4.78, 5) is 0.00949. The molecular formula is C11H15NO4S. The third-order valence-electron chi connectivity index (χ3n) is 2.47. The molecule has 0 aromatic carbocycles. The van der Waals surface area contributed by atoms with Gasteiger partial charge in [0.15, 0.2) is 0 Å². The average molecular weight is 257 g/mol. The molecule has 0 fully saturated rings. The van der Waals surface area contributed by atoms with Crippen molar-refractivity contribution in [2.75, 3.05) is 13.6 Å². The Morgan fingerprint density at radius 3 is 2.47 bits per heavy atom. The van der Waals surface area contributed by atoms with E-state index in [-0.39, 0.29) is 29.4 Å². The molecule has 5 nitrogen and oxygen atoms in total. The number of aryl methyl sites for hydroxylation is 2. The SMILES string of the molecule is C#CCN(C)S(=O)(=O)c1c(C)oc(C)c1CO. The third-order valence-corrected chi connectivity index (χ3v) is 4.46. The summed E-state index contributed by atoms with van der Waals surface area (Å²) in [5.74, 6) is 2.92. The molecule has 0 saturated heterocycles. The Balaban J connectivity index is 3.39. The Kier molecular flexibility index (Phi) is 3.98. The minimum absolute atomic E-state index is 0.00949.